The van der Waals surface area contributed by atoms with Gasteiger partial charge in [0.2, 0.25) is 0 Å². The lowest BCUT2D eigenvalue weighted by atomic mass is 10.1. The van der Waals surface area contributed by atoms with Gasteiger partial charge in [0.25, 0.3) is 10.0 Å². The van der Waals surface area contributed by atoms with Crippen LogP contribution in [-0.2, 0) is 16.4 Å². The van der Waals surface area contributed by atoms with Crippen molar-refractivity contribution in [2.45, 2.75) is 17.6 Å². The summed E-state index contributed by atoms with van der Waals surface area (Å²) in [5, 5.41) is 10.9. The third kappa shape index (κ3) is 4.77. The fourth-order valence-electron chi connectivity index (χ4n) is 2.21. The molecule has 0 spiro atoms. The lowest BCUT2D eigenvalue weighted by molar-refractivity contribution is 0.603. The number of halogens is 1. The van der Waals surface area contributed by atoms with Crippen LogP contribution < -0.4 is 10.0 Å². The average molecular weight is 392 g/mol. The van der Waals surface area contributed by atoms with Crippen molar-refractivity contribution >= 4 is 33.0 Å². The van der Waals surface area contributed by atoms with Gasteiger partial charge in [0.05, 0.1) is 0 Å². The molecule has 0 aliphatic heterocycles. The van der Waals surface area contributed by atoms with Gasteiger partial charge < -0.3 is 5.32 Å². The summed E-state index contributed by atoms with van der Waals surface area (Å²) in [6.45, 7) is 2.44. The Hall–Kier alpha value is -2.52. The fourth-order valence-corrected chi connectivity index (χ4v) is 4.49. The van der Waals surface area contributed by atoms with E-state index in [1.807, 2.05) is 6.92 Å². The van der Waals surface area contributed by atoms with Gasteiger partial charge >= 0.3 is 0 Å². The van der Waals surface area contributed by atoms with Crippen LogP contribution in [0, 0.1) is 12.7 Å². The summed E-state index contributed by atoms with van der Waals surface area (Å²) < 4.78 is 40.0. The van der Waals surface area contributed by atoms with Crippen molar-refractivity contribution in [3.8, 4) is 0 Å². The van der Waals surface area contributed by atoms with Crippen molar-refractivity contribution < 1.29 is 12.8 Å². The molecule has 136 valence electrons. The van der Waals surface area contributed by atoms with E-state index in [-0.39, 0.29) is 15.8 Å². The highest BCUT2D eigenvalue weighted by Crippen LogP contribution is 2.22. The van der Waals surface area contributed by atoms with E-state index in [1.165, 1.54) is 23.5 Å². The first-order chi connectivity index (χ1) is 12.4. The zero-order valence-electron chi connectivity index (χ0n) is 13.9. The maximum Gasteiger partial charge on any atom is 0.272 e. The topological polar surface area (TPSA) is 84.0 Å². The number of aryl methyl sites for hydroxylation is 1. The minimum Gasteiger partial charge on any atom is -0.368 e. The Bertz CT molecular complexity index is 971. The van der Waals surface area contributed by atoms with Gasteiger partial charge in [-0.1, -0.05) is 12.1 Å². The molecule has 0 fully saturated rings. The minimum absolute atomic E-state index is 0.153. The van der Waals surface area contributed by atoms with Crippen LogP contribution in [0.25, 0.3) is 0 Å². The first-order valence-corrected chi connectivity index (χ1v) is 10.1. The standard InChI is InChI=1S/C17H17FN4O2S2/c1-12-2-9-17(25-12)26(23,24)22-16-8-7-15(20-21-16)19-11-10-13-3-5-14(18)6-4-13/h2-9H,10-11H2,1H3,(H,19,20)(H,21,22). The molecule has 2 N–H and O–H groups in total. The molecule has 3 aromatic rings. The van der Waals surface area contributed by atoms with Crippen LogP contribution in [0.5, 0.6) is 0 Å². The second-order valence-corrected chi connectivity index (χ2v) is 8.77. The van der Waals surface area contributed by atoms with E-state index in [1.54, 1.807) is 36.4 Å². The molecule has 0 unspecified atom stereocenters. The van der Waals surface area contributed by atoms with Gasteiger partial charge in [-0.2, -0.15) is 0 Å². The van der Waals surface area contributed by atoms with Crippen LogP contribution in [-0.4, -0.2) is 25.2 Å². The molecule has 6 nitrogen and oxygen atoms in total. The van der Waals surface area contributed by atoms with Crippen molar-refractivity contribution in [3.05, 3.63) is 64.8 Å². The summed E-state index contributed by atoms with van der Waals surface area (Å²) in [4.78, 5) is 0.914. The van der Waals surface area contributed by atoms with Gasteiger partial charge in [0.15, 0.2) is 5.82 Å². The van der Waals surface area contributed by atoms with Gasteiger partial charge in [-0.15, -0.1) is 21.5 Å². The molecule has 0 amide bonds. The molecule has 2 heterocycles. The van der Waals surface area contributed by atoms with Crippen molar-refractivity contribution in [2.24, 2.45) is 0 Å². The third-order valence-corrected chi connectivity index (χ3v) is 6.36. The molecule has 9 heteroatoms. The van der Waals surface area contributed by atoms with E-state index < -0.39 is 10.0 Å². The van der Waals surface area contributed by atoms with Crippen LogP contribution >= 0.6 is 11.3 Å². The summed E-state index contributed by atoms with van der Waals surface area (Å²) >= 11 is 1.19. The normalized spacial score (nSPS) is 11.3. The molecular weight excluding hydrogens is 375 g/mol. The zero-order valence-corrected chi connectivity index (χ0v) is 15.6. The highest BCUT2D eigenvalue weighted by Gasteiger charge is 2.17. The number of aromatic nitrogens is 2. The first-order valence-electron chi connectivity index (χ1n) is 7.84. The highest BCUT2D eigenvalue weighted by molar-refractivity contribution is 7.94. The predicted octanol–water partition coefficient (Wildman–Crippen LogP) is 3.44. The second kappa shape index (κ2) is 7.79. The Morgan fingerprint density at radius 1 is 1.00 bits per heavy atom. The number of nitrogens with one attached hydrogen (secondary N) is 2. The quantitative estimate of drug-likeness (QED) is 0.643. The van der Waals surface area contributed by atoms with Crippen molar-refractivity contribution in [1.29, 1.82) is 0 Å². The number of anilines is 2. The summed E-state index contributed by atoms with van der Waals surface area (Å²) in [6.07, 6.45) is 0.702. The molecule has 0 aliphatic rings. The Balaban J connectivity index is 1.55. The number of hydrogen-bond donors (Lipinski definition) is 2. The lowest BCUT2D eigenvalue weighted by Crippen LogP contribution is -2.13. The minimum atomic E-state index is -3.65. The number of hydrogen-bond acceptors (Lipinski definition) is 6. The van der Waals surface area contributed by atoms with Gasteiger partial charge in [-0.25, -0.2) is 12.8 Å². The number of thiophene rings is 1. The van der Waals surface area contributed by atoms with E-state index in [0.717, 1.165) is 10.4 Å². The van der Waals surface area contributed by atoms with Crippen LogP contribution in [0.2, 0.25) is 0 Å². The number of sulfonamides is 1. The Morgan fingerprint density at radius 3 is 2.31 bits per heavy atom. The zero-order chi connectivity index (χ0) is 18.6. The van der Waals surface area contributed by atoms with Crippen molar-refractivity contribution in [2.75, 3.05) is 16.6 Å². The average Bonchev–Trinajstić information content (AvgIpc) is 3.05. The van der Waals surface area contributed by atoms with E-state index in [0.29, 0.717) is 18.8 Å². The number of benzene rings is 1. The number of rotatable bonds is 7. The second-order valence-electron chi connectivity index (χ2n) is 5.58. The fraction of sp³-hybridized carbons (Fsp3) is 0.176. The largest absolute Gasteiger partial charge is 0.368 e. The Morgan fingerprint density at radius 2 is 1.69 bits per heavy atom. The van der Waals surface area contributed by atoms with E-state index in [4.69, 9.17) is 0 Å². The van der Waals surface area contributed by atoms with Crippen LogP contribution in [0.4, 0.5) is 16.0 Å². The summed E-state index contributed by atoms with van der Waals surface area (Å²) in [6, 6.07) is 12.8. The number of nitrogens with zero attached hydrogens (tertiary/aromatic N) is 2. The third-order valence-electron chi connectivity index (χ3n) is 3.52. The Kier molecular flexibility index (Phi) is 5.48. The highest BCUT2D eigenvalue weighted by atomic mass is 32.2. The molecule has 0 radical (unpaired) electrons. The summed E-state index contributed by atoms with van der Waals surface area (Å²) in [5.41, 5.74) is 1.00. The van der Waals surface area contributed by atoms with E-state index in [9.17, 15) is 12.8 Å². The summed E-state index contributed by atoms with van der Waals surface area (Å²) in [7, 11) is -3.65. The van der Waals surface area contributed by atoms with Gasteiger partial charge in [0, 0.05) is 11.4 Å². The molecule has 1 aromatic carbocycles. The maximum atomic E-state index is 12.9. The molecule has 26 heavy (non-hydrogen) atoms. The molecule has 0 aliphatic carbocycles. The lowest BCUT2D eigenvalue weighted by Gasteiger charge is -2.07. The van der Waals surface area contributed by atoms with Crippen LogP contribution in [0.1, 0.15) is 10.4 Å². The molecule has 3 rings (SSSR count). The van der Waals surface area contributed by atoms with E-state index in [2.05, 4.69) is 20.2 Å². The maximum absolute atomic E-state index is 12.9. The van der Waals surface area contributed by atoms with Crippen LogP contribution in [0.15, 0.2) is 52.7 Å². The van der Waals surface area contributed by atoms with E-state index >= 15 is 0 Å². The van der Waals surface area contributed by atoms with Crippen molar-refractivity contribution in [3.63, 3.8) is 0 Å². The van der Waals surface area contributed by atoms with Gasteiger partial charge in [0.1, 0.15) is 15.8 Å². The summed E-state index contributed by atoms with van der Waals surface area (Å²) in [5.74, 6) is 0.422. The monoisotopic (exact) mass is 392 g/mol. The Labute approximate surface area is 155 Å². The molecular formula is C17H17FN4O2S2. The van der Waals surface area contributed by atoms with Crippen LogP contribution in [0.3, 0.4) is 0 Å². The molecule has 0 saturated heterocycles. The smallest absolute Gasteiger partial charge is 0.272 e. The molecule has 0 atom stereocenters. The van der Waals surface area contributed by atoms with Gasteiger partial charge in [-0.05, 0) is 55.3 Å². The molecule has 0 saturated carbocycles. The predicted molar refractivity (Wildman–Crippen MR) is 100 cm³/mol. The first kappa shape index (κ1) is 18.3. The van der Waals surface area contributed by atoms with Gasteiger partial charge in [-0.3, -0.25) is 4.72 Å². The van der Waals surface area contributed by atoms with Crippen molar-refractivity contribution in [1.82, 2.24) is 10.2 Å². The molecule has 2 aromatic heterocycles. The SMILES string of the molecule is Cc1ccc(S(=O)(=O)Nc2ccc(NCCc3ccc(F)cc3)nn2)s1. The molecule has 0 bridgehead atoms.